The number of aromatic nitrogens is 1. The molecule has 4 heteroatoms. The van der Waals surface area contributed by atoms with Gasteiger partial charge in [-0.25, -0.2) is 9.18 Å². The smallest absolute Gasteiger partial charge is 0.340 e. The lowest BCUT2D eigenvalue weighted by Crippen LogP contribution is -2.14. The fourth-order valence-corrected chi connectivity index (χ4v) is 3.61. The third-order valence-electron chi connectivity index (χ3n) is 5.09. The van der Waals surface area contributed by atoms with Gasteiger partial charge in [-0.05, 0) is 49.9 Å². The maximum atomic E-state index is 13.5. The molecule has 4 rings (SSSR count). The van der Waals surface area contributed by atoms with Crippen LogP contribution >= 0.6 is 0 Å². The molecule has 28 heavy (non-hydrogen) atoms. The van der Waals surface area contributed by atoms with Gasteiger partial charge >= 0.3 is 5.97 Å². The van der Waals surface area contributed by atoms with Gasteiger partial charge in [0.15, 0.2) is 0 Å². The summed E-state index contributed by atoms with van der Waals surface area (Å²) in [6, 6.07) is 16.2. The predicted octanol–water partition coefficient (Wildman–Crippen LogP) is 5.92. The minimum atomic E-state index is -0.362. The van der Waals surface area contributed by atoms with Crippen molar-refractivity contribution in [3.63, 3.8) is 0 Å². The standard InChI is InChI=1S/C24H22FNO2/c1-3-28-24(27)21-20(16-11-13-19(25)14-12-16)15(2)22(17-7-5-4-6-8-17)26-23(21)18-9-10-18/h4-8,11-14,18H,3,9-10H2,1-2H3. The molecule has 1 aliphatic rings. The molecule has 0 amide bonds. The van der Waals surface area contributed by atoms with E-state index in [2.05, 4.69) is 0 Å². The Bertz CT molecular complexity index is 1010. The van der Waals surface area contributed by atoms with Crippen LogP contribution in [0.3, 0.4) is 0 Å². The minimum absolute atomic E-state index is 0.265. The summed E-state index contributed by atoms with van der Waals surface area (Å²) >= 11 is 0. The van der Waals surface area contributed by atoms with Crippen molar-refractivity contribution in [1.82, 2.24) is 4.98 Å². The molecule has 142 valence electrons. The molecule has 1 saturated carbocycles. The maximum Gasteiger partial charge on any atom is 0.340 e. The monoisotopic (exact) mass is 375 g/mol. The zero-order valence-electron chi connectivity index (χ0n) is 16.0. The second-order valence-electron chi connectivity index (χ2n) is 7.09. The summed E-state index contributed by atoms with van der Waals surface area (Å²) in [5.74, 6) is -0.403. The first-order chi connectivity index (χ1) is 13.6. The van der Waals surface area contributed by atoms with Crippen molar-refractivity contribution in [2.75, 3.05) is 6.61 Å². The minimum Gasteiger partial charge on any atom is -0.462 e. The van der Waals surface area contributed by atoms with E-state index in [1.165, 1.54) is 12.1 Å². The van der Waals surface area contributed by atoms with E-state index in [4.69, 9.17) is 9.72 Å². The molecule has 1 fully saturated rings. The number of hydrogen-bond acceptors (Lipinski definition) is 3. The van der Waals surface area contributed by atoms with Crippen molar-refractivity contribution in [2.45, 2.75) is 32.6 Å². The van der Waals surface area contributed by atoms with Crippen molar-refractivity contribution in [2.24, 2.45) is 0 Å². The number of halogens is 1. The average molecular weight is 375 g/mol. The molecule has 0 radical (unpaired) electrons. The Morgan fingerprint density at radius 3 is 2.36 bits per heavy atom. The second-order valence-corrected chi connectivity index (χ2v) is 7.09. The quantitative estimate of drug-likeness (QED) is 0.520. The SMILES string of the molecule is CCOC(=O)c1c(C2CC2)nc(-c2ccccc2)c(C)c1-c1ccc(F)cc1. The van der Waals surface area contributed by atoms with Gasteiger partial charge in [0.05, 0.1) is 23.6 Å². The molecule has 2 aromatic carbocycles. The molecule has 0 saturated heterocycles. The van der Waals surface area contributed by atoms with Gasteiger partial charge in [0.1, 0.15) is 5.82 Å². The van der Waals surface area contributed by atoms with Gasteiger partial charge in [0.25, 0.3) is 0 Å². The van der Waals surface area contributed by atoms with Crippen LogP contribution in [0.15, 0.2) is 54.6 Å². The summed E-state index contributed by atoms with van der Waals surface area (Å²) in [6.45, 7) is 4.06. The number of carbonyl (C=O) groups is 1. The zero-order valence-corrected chi connectivity index (χ0v) is 16.0. The molecule has 0 atom stereocenters. The van der Waals surface area contributed by atoms with Crippen molar-refractivity contribution < 1.29 is 13.9 Å². The molecule has 0 spiro atoms. The predicted molar refractivity (Wildman–Crippen MR) is 108 cm³/mol. The van der Waals surface area contributed by atoms with Gasteiger partial charge in [-0.2, -0.15) is 0 Å². The molecule has 1 aromatic heterocycles. The van der Waals surface area contributed by atoms with Gasteiger partial charge in [-0.3, -0.25) is 4.98 Å². The lowest BCUT2D eigenvalue weighted by molar-refractivity contribution is 0.0525. The molecule has 0 bridgehead atoms. The number of pyridine rings is 1. The highest BCUT2D eigenvalue weighted by atomic mass is 19.1. The van der Waals surface area contributed by atoms with Crippen LogP contribution in [0.2, 0.25) is 0 Å². The molecule has 3 aromatic rings. The number of rotatable bonds is 5. The average Bonchev–Trinajstić information content (AvgIpc) is 3.54. The normalized spacial score (nSPS) is 13.4. The summed E-state index contributed by atoms with van der Waals surface area (Å²) in [6.07, 6.45) is 2.03. The summed E-state index contributed by atoms with van der Waals surface area (Å²) in [5, 5.41) is 0. The number of esters is 1. The number of hydrogen-bond donors (Lipinski definition) is 0. The van der Waals surface area contributed by atoms with Crippen LogP contribution in [-0.2, 0) is 4.74 Å². The number of ether oxygens (including phenoxy) is 1. The molecule has 0 N–H and O–H groups in total. The number of carbonyl (C=O) groups excluding carboxylic acids is 1. The second kappa shape index (κ2) is 7.55. The molecular formula is C24H22FNO2. The highest BCUT2D eigenvalue weighted by molar-refractivity contribution is 6.01. The van der Waals surface area contributed by atoms with Gasteiger partial charge in [0.2, 0.25) is 0 Å². The highest BCUT2D eigenvalue weighted by Gasteiger charge is 2.34. The van der Waals surface area contributed by atoms with Crippen LogP contribution in [0.25, 0.3) is 22.4 Å². The van der Waals surface area contributed by atoms with Crippen molar-refractivity contribution in [1.29, 1.82) is 0 Å². The first-order valence-electron chi connectivity index (χ1n) is 9.63. The Kier molecular flexibility index (Phi) is 4.95. The first-order valence-corrected chi connectivity index (χ1v) is 9.63. The lowest BCUT2D eigenvalue weighted by Gasteiger charge is -2.19. The summed E-state index contributed by atoms with van der Waals surface area (Å²) in [7, 11) is 0. The van der Waals surface area contributed by atoms with Gasteiger partial charge in [0, 0.05) is 17.0 Å². The third-order valence-corrected chi connectivity index (χ3v) is 5.09. The topological polar surface area (TPSA) is 39.2 Å². The Balaban J connectivity index is 2.02. The van der Waals surface area contributed by atoms with E-state index in [1.54, 1.807) is 19.1 Å². The summed E-state index contributed by atoms with van der Waals surface area (Å²) in [5.41, 5.74) is 5.65. The molecule has 0 aliphatic heterocycles. The molecular weight excluding hydrogens is 353 g/mol. The van der Waals surface area contributed by atoms with Crippen LogP contribution in [-0.4, -0.2) is 17.6 Å². The van der Waals surface area contributed by atoms with E-state index < -0.39 is 0 Å². The fraction of sp³-hybridized carbons (Fsp3) is 0.250. The summed E-state index contributed by atoms with van der Waals surface area (Å²) in [4.78, 5) is 17.9. The number of nitrogens with zero attached hydrogens (tertiary/aromatic N) is 1. The van der Waals surface area contributed by atoms with E-state index in [-0.39, 0.29) is 17.7 Å². The molecule has 0 unspecified atom stereocenters. The van der Waals surface area contributed by atoms with E-state index in [0.29, 0.717) is 12.2 Å². The molecule has 3 nitrogen and oxygen atoms in total. The van der Waals surface area contributed by atoms with Crippen LogP contribution in [0.1, 0.15) is 47.3 Å². The van der Waals surface area contributed by atoms with Crippen molar-refractivity contribution >= 4 is 5.97 Å². The van der Waals surface area contributed by atoms with Crippen LogP contribution in [0, 0.1) is 12.7 Å². The van der Waals surface area contributed by atoms with Crippen molar-refractivity contribution in [3.8, 4) is 22.4 Å². The third kappa shape index (κ3) is 3.42. The van der Waals surface area contributed by atoms with Crippen LogP contribution < -0.4 is 0 Å². The lowest BCUT2D eigenvalue weighted by atomic mass is 9.90. The largest absolute Gasteiger partial charge is 0.462 e. The van der Waals surface area contributed by atoms with Gasteiger partial charge < -0.3 is 4.74 Å². The van der Waals surface area contributed by atoms with E-state index >= 15 is 0 Å². The Morgan fingerprint density at radius 2 is 1.75 bits per heavy atom. The molecule has 1 heterocycles. The van der Waals surface area contributed by atoms with Gasteiger partial charge in [-0.15, -0.1) is 0 Å². The fourth-order valence-electron chi connectivity index (χ4n) is 3.61. The Hall–Kier alpha value is -3.01. The summed E-state index contributed by atoms with van der Waals surface area (Å²) < 4.78 is 18.9. The molecule has 1 aliphatic carbocycles. The van der Waals surface area contributed by atoms with Gasteiger partial charge in [-0.1, -0.05) is 42.5 Å². The maximum absolute atomic E-state index is 13.5. The van der Waals surface area contributed by atoms with Crippen LogP contribution in [0.5, 0.6) is 0 Å². The first kappa shape index (κ1) is 18.4. The van der Waals surface area contributed by atoms with E-state index in [1.807, 2.05) is 37.3 Å². The van der Waals surface area contributed by atoms with Crippen molar-refractivity contribution in [3.05, 3.63) is 77.2 Å². The van der Waals surface area contributed by atoms with E-state index in [0.717, 1.165) is 46.5 Å². The zero-order chi connectivity index (χ0) is 19.7. The van der Waals surface area contributed by atoms with Crippen LogP contribution in [0.4, 0.5) is 4.39 Å². The highest BCUT2D eigenvalue weighted by Crippen LogP contribution is 2.45. The van der Waals surface area contributed by atoms with E-state index in [9.17, 15) is 9.18 Å². The number of benzene rings is 2. The Labute approximate surface area is 164 Å². The Morgan fingerprint density at radius 1 is 1.07 bits per heavy atom.